The van der Waals surface area contributed by atoms with Crippen molar-refractivity contribution in [2.24, 2.45) is 5.92 Å². The molecule has 1 saturated heterocycles. The maximum absolute atomic E-state index is 11.7. The Morgan fingerprint density at radius 2 is 2.12 bits per heavy atom. The van der Waals surface area contributed by atoms with Crippen molar-refractivity contribution in [1.82, 2.24) is 24.9 Å². The Bertz CT molecular complexity index is 599. The third kappa shape index (κ3) is 5.05. The van der Waals surface area contributed by atoms with Crippen molar-refractivity contribution in [2.75, 3.05) is 47.4 Å². The van der Waals surface area contributed by atoms with E-state index in [1.165, 1.54) is 11.3 Å². The second kappa shape index (κ2) is 9.48. The van der Waals surface area contributed by atoms with Crippen molar-refractivity contribution in [2.45, 2.75) is 46.3 Å². The summed E-state index contributed by atoms with van der Waals surface area (Å²) in [4.78, 5) is 16.5. The van der Waals surface area contributed by atoms with Gasteiger partial charge in [-0.2, -0.15) is 5.10 Å². The number of carbonyl (C=O) groups excluding carboxylic acids is 1. The van der Waals surface area contributed by atoms with Gasteiger partial charge in [-0.15, -0.1) is 0 Å². The van der Waals surface area contributed by atoms with E-state index in [1.807, 2.05) is 0 Å². The summed E-state index contributed by atoms with van der Waals surface area (Å²) in [5.41, 5.74) is 3.77. The number of amides is 1. The van der Waals surface area contributed by atoms with Gasteiger partial charge in [0.1, 0.15) is 6.61 Å². The highest BCUT2D eigenvalue weighted by Crippen LogP contribution is 2.24. The lowest BCUT2D eigenvalue weighted by Gasteiger charge is -2.42. The van der Waals surface area contributed by atoms with Gasteiger partial charge in [0.15, 0.2) is 0 Å². The molecule has 1 N–H and O–H groups in total. The number of likely N-dealkylation sites (N-methyl/N-ethyl adjacent to an activating group) is 1. The minimum absolute atomic E-state index is 0.0364. The molecule has 0 aliphatic carbocycles. The van der Waals surface area contributed by atoms with Gasteiger partial charge in [0.05, 0.1) is 5.69 Å². The van der Waals surface area contributed by atoms with Crippen molar-refractivity contribution in [3.8, 4) is 0 Å². The summed E-state index contributed by atoms with van der Waals surface area (Å²) in [6.45, 7) is 11.2. The van der Waals surface area contributed by atoms with E-state index in [0.29, 0.717) is 18.5 Å². The van der Waals surface area contributed by atoms with Crippen LogP contribution in [0.4, 0.5) is 0 Å². The van der Waals surface area contributed by atoms with Gasteiger partial charge >= 0.3 is 0 Å². The standard InChI is InChI=1S/C19H35N5O2/c1-7-24-15(3)17(14(2)21-24)11-23-9-8-16(18(12-23)22(4)5)10-20-19(25)13-26-6/h16,18H,7-13H2,1-6H3,(H,20,25)/t16-,18-/m1/s1. The van der Waals surface area contributed by atoms with Crippen LogP contribution in [-0.2, 0) is 22.6 Å². The Morgan fingerprint density at radius 3 is 2.69 bits per heavy atom. The number of aryl methyl sites for hydroxylation is 2. The number of ether oxygens (including phenoxy) is 1. The molecular weight excluding hydrogens is 330 g/mol. The summed E-state index contributed by atoms with van der Waals surface area (Å²) in [6, 6.07) is 0.424. The number of carbonyl (C=O) groups is 1. The van der Waals surface area contributed by atoms with Crippen molar-refractivity contribution in [1.29, 1.82) is 0 Å². The van der Waals surface area contributed by atoms with E-state index < -0.39 is 0 Å². The average molecular weight is 366 g/mol. The number of rotatable bonds is 8. The van der Waals surface area contributed by atoms with Crippen LogP contribution < -0.4 is 5.32 Å². The summed E-state index contributed by atoms with van der Waals surface area (Å²) in [5, 5.41) is 7.66. The Balaban J connectivity index is 1.99. The van der Waals surface area contributed by atoms with Crippen molar-refractivity contribution >= 4 is 5.91 Å². The number of aromatic nitrogens is 2. The molecular formula is C19H35N5O2. The zero-order valence-electron chi connectivity index (χ0n) is 17.2. The maximum Gasteiger partial charge on any atom is 0.245 e. The molecule has 0 aromatic carbocycles. The molecule has 26 heavy (non-hydrogen) atoms. The predicted molar refractivity (Wildman–Crippen MR) is 103 cm³/mol. The Kier molecular flexibility index (Phi) is 7.61. The van der Waals surface area contributed by atoms with E-state index in [9.17, 15) is 4.79 Å². The number of hydrogen-bond acceptors (Lipinski definition) is 5. The fourth-order valence-electron chi connectivity index (χ4n) is 3.93. The molecule has 1 aliphatic heterocycles. The van der Waals surface area contributed by atoms with Gasteiger partial charge in [0.25, 0.3) is 0 Å². The molecule has 0 spiro atoms. The molecule has 2 heterocycles. The smallest absolute Gasteiger partial charge is 0.245 e. The number of nitrogens with one attached hydrogen (secondary N) is 1. The second-order valence-corrected chi connectivity index (χ2v) is 7.52. The van der Waals surface area contributed by atoms with Crippen LogP contribution in [0.15, 0.2) is 0 Å². The van der Waals surface area contributed by atoms with Gasteiger partial charge in [0, 0.05) is 50.6 Å². The average Bonchev–Trinajstić information content (AvgIpc) is 2.88. The van der Waals surface area contributed by atoms with Crippen LogP contribution in [-0.4, -0.2) is 79.0 Å². The van der Waals surface area contributed by atoms with Crippen LogP contribution in [0.1, 0.15) is 30.3 Å². The summed E-state index contributed by atoms with van der Waals surface area (Å²) in [5.74, 6) is 0.424. The van der Waals surface area contributed by atoms with E-state index in [0.717, 1.165) is 38.3 Å². The number of methoxy groups -OCH3 is 1. The molecule has 0 unspecified atom stereocenters. The summed E-state index contributed by atoms with van der Waals surface area (Å²) in [7, 11) is 5.80. The largest absolute Gasteiger partial charge is 0.375 e. The summed E-state index contributed by atoms with van der Waals surface area (Å²) >= 11 is 0. The van der Waals surface area contributed by atoms with Crippen molar-refractivity contribution in [3.63, 3.8) is 0 Å². The van der Waals surface area contributed by atoms with Crippen LogP contribution in [0, 0.1) is 19.8 Å². The van der Waals surface area contributed by atoms with Gasteiger partial charge in [-0.25, -0.2) is 0 Å². The molecule has 0 radical (unpaired) electrons. The van der Waals surface area contributed by atoms with Crippen LogP contribution in [0.5, 0.6) is 0 Å². The Hall–Kier alpha value is -1.44. The SMILES string of the molecule is CCn1nc(C)c(CN2CC[C@H](CNC(=O)COC)[C@H](N(C)C)C2)c1C. The summed E-state index contributed by atoms with van der Waals surface area (Å²) < 4.78 is 6.99. The molecule has 1 fully saturated rings. The maximum atomic E-state index is 11.7. The zero-order chi connectivity index (χ0) is 19.3. The molecule has 7 nitrogen and oxygen atoms in total. The third-order valence-electron chi connectivity index (χ3n) is 5.52. The Labute approximate surface area is 157 Å². The first-order valence-corrected chi connectivity index (χ1v) is 9.54. The molecule has 0 bridgehead atoms. The minimum atomic E-state index is -0.0364. The lowest BCUT2D eigenvalue weighted by Crippen LogP contribution is -2.53. The quantitative estimate of drug-likeness (QED) is 0.746. The molecule has 2 rings (SSSR count). The Morgan fingerprint density at radius 1 is 1.38 bits per heavy atom. The number of hydrogen-bond donors (Lipinski definition) is 1. The normalized spacial score (nSPS) is 21.3. The molecule has 1 aromatic rings. The topological polar surface area (TPSA) is 62.6 Å². The van der Waals surface area contributed by atoms with Gasteiger partial charge in [-0.3, -0.25) is 14.4 Å². The zero-order valence-corrected chi connectivity index (χ0v) is 17.2. The number of nitrogens with zero attached hydrogens (tertiary/aromatic N) is 4. The van der Waals surface area contributed by atoms with Crippen LogP contribution >= 0.6 is 0 Å². The monoisotopic (exact) mass is 365 g/mol. The highest BCUT2D eigenvalue weighted by atomic mass is 16.5. The highest BCUT2D eigenvalue weighted by Gasteiger charge is 2.31. The van der Waals surface area contributed by atoms with E-state index in [2.05, 4.69) is 59.8 Å². The second-order valence-electron chi connectivity index (χ2n) is 7.52. The van der Waals surface area contributed by atoms with E-state index in [1.54, 1.807) is 7.11 Å². The first-order chi connectivity index (χ1) is 12.4. The van der Waals surface area contributed by atoms with Gasteiger partial charge in [-0.05, 0) is 53.8 Å². The van der Waals surface area contributed by atoms with E-state index in [4.69, 9.17) is 4.74 Å². The molecule has 1 aromatic heterocycles. The van der Waals surface area contributed by atoms with Gasteiger partial charge in [0.2, 0.25) is 5.91 Å². The number of piperidine rings is 1. The first kappa shape index (κ1) is 20.9. The molecule has 0 saturated carbocycles. The fourth-order valence-corrected chi connectivity index (χ4v) is 3.93. The predicted octanol–water partition coefficient (Wildman–Crippen LogP) is 1.03. The fraction of sp³-hybridized carbons (Fsp3) is 0.789. The van der Waals surface area contributed by atoms with Crippen molar-refractivity contribution < 1.29 is 9.53 Å². The molecule has 148 valence electrons. The van der Waals surface area contributed by atoms with Crippen LogP contribution in [0.2, 0.25) is 0 Å². The summed E-state index contributed by atoms with van der Waals surface area (Å²) in [6.07, 6.45) is 1.08. The van der Waals surface area contributed by atoms with E-state index >= 15 is 0 Å². The molecule has 2 atom stereocenters. The minimum Gasteiger partial charge on any atom is -0.375 e. The van der Waals surface area contributed by atoms with Crippen molar-refractivity contribution in [3.05, 3.63) is 17.0 Å². The first-order valence-electron chi connectivity index (χ1n) is 9.54. The van der Waals surface area contributed by atoms with Crippen LogP contribution in [0.25, 0.3) is 0 Å². The lowest BCUT2D eigenvalue weighted by molar-refractivity contribution is -0.125. The molecule has 7 heteroatoms. The molecule has 1 amide bonds. The number of likely N-dealkylation sites (tertiary alicyclic amines) is 1. The van der Waals surface area contributed by atoms with E-state index in [-0.39, 0.29) is 12.5 Å². The highest BCUT2D eigenvalue weighted by molar-refractivity contribution is 5.77. The third-order valence-corrected chi connectivity index (χ3v) is 5.52. The van der Waals surface area contributed by atoms with Gasteiger partial charge in [-0.1, -0.05) is 0 Å². The lowest BCUT2D eigenvalue weighted by atomic mass is 9.90. The van der Waals surface area contributed by atoms with Crippen LogP contribution in [0.3, 0.4) is 0 Å². The molecule has 1 aliphatic rings. The van der Waals surface area contributed by atoms with Gasteiger partial charge < -0.3 is 15.0 Å².